The summed E-state index contributed by atoms with van der Waals surface area (Å²) in [6, 6.07) is 1.31. The predicted octanol–water partition coefficient (Wildman–Crippen LogP) is 5.60. The van der Waals surface area contributed by atoms with Crippen molar-refractivity contribution in [2.75, 3.05) is 13.7 Å². The minimum absolute atomic E-state index is 0.0357. The molecule has 1 aromatic rings. The number of carbonyl (C=O) groups is 1. The topological polar surface area (TPSA) is 64.3 Å². The monoisotopic (exact) mass is 492 g/mol. The zero-order chi connectivity index (χ0) is 25.2. The fourth-order valence-corrected chi connectivity index (χ4v) is 9.27. The number of aliphatic hydroxyl groups is 1. The molecular weight excluding hydrogens is 450 g/mol. The number of aromatic nitrogens is 2. The number of carbonyl (C=O) groups excluding carboxylic acids is 1. The predicted molar refractivity (Wildman–Crippen MR) is 129 cm³/mol. The van der Waals surface area contributed by atoms with Crippen molar-refractivity contribution in [1.82, 2.24) is 9.78 Å². The highest BCUT2D eigenvalue weighted by Crippen LogP contribution is 2.68. The molecule has 5 rings (SSSR count). The first kappa shape index (κ1) is 25.3. The highest BCUT2D eigenvalue weighted by atomic mass is 19.3. The standard InChI is InChI=1S/C28H42F2N2O3/c1-25(34)12-13-28(17-35-4)18(15-25)5-6-19-20-7-8-22(26(20,2)11-9-21(19)28)23(33)16-32-14-10-24(31-32)27(3,29)30/h10,14,18-22,34H,5-9,11-13,15-17H2,1-4H3/t18-,19-,20-,21-,22+,25+,26-,28+/m0/s1. The molecule has 8 atom stereocenters. The Morgan fingerprint density at radius 1 is 1.17 bits per heavy atom. The summed E-state index contributed by atoms with van der Waals surface area (Å²) in [6.07, 6.45) is 10.6. The SMILES string of the molecule is COC[C@]12CC[C@@](C)(O)C[C@@H]1CC[C@H]1[C@@H]3CC[C@H](C(=O)Cn4ccc(C(C)(F)F)n4)[C@@]3(C)CC[C@@H]12. The fourth-order valence-electron chi connectivity index (χ4n) is 9.27. The van der Waals surface area contributed by atoms with E-state index in [1.54, 1.807) is 0 Å². The van der Waals surface area contributed by atoms with E-state index in [0.29, 0.717) is 23.7 Å². The van der Waals surface area contributed by atoms with Gasteiger partial charge in [-0.2, -0.15) is 13.9 Å². The molecule has 35 heavy (non-hydrogen) atoms. The maximum Gasteiger partial charge on any atom is 0.288 e. The van der Waals surface area contributed by atoms with Gasteiger partial charge in [0.2, 0.25) is 0 Å². The van der Waals surface area contributed by atoms with Gasteiger partial charge < -0.3 is 9.84 Å². The molecule has 196 valence electrons. The first-order chi connectivity index (χ1) is 16.4. The summed E-state index contributed by atoms with van der Waals surface area (Å²) in [4.78, 5) is 13.5. The van der Waals surface area contributed by atoms with Crippen LogP contribution in [0.15, 0.2) is 12.3 Å². The van der Waals surface area contributed by atoms with Gasteiger partial charge in [0.05, 0.1) is 18.8 Å². The van der Waals surface area contributed by atoms with Gasteiger partial charge in [0, 0.05) is 26.1 Å². The smallest absolute Gasteiger partial charge is 0.288 e. The fraction of sp³-hybridized carbons (Fsp3) is 0.857. The van der Waals surface area contributed by atoms with Gasteiger partial charge in [-0.05, 0) is 105 Å². The lowest BCUT2D eigenvalue weighted by molar-refractivity contribution is -0.175. The van der Waals surface area contributed by atoms with Gasteiger partial charge in [-0.3, -0.25) is 9.48 Å². The van der Waals surface area contributed by atoms with Crippen molar-refractivity contribution >= 4 is 5.78 Å². The molecule has 4 fully saturated rings. The van der Waals surface area contributed by atoms with E-state index in [1.807, 2.05) is 14.0 Å². The average molecular weight is 493 g/mol. The minimum Gasteiger partial charge on any atom is -0.390 e. The molecule has 7 heteroatoms. The van der Waals surface area contributed by atoms with Crippen LogP contribution >= 0.6 is 0 Å². The van der Waals surface area contributed by atoms with Crippen molar-refractivity contribution in [3.63, 3.8) is 0 Å². The van der Waals surface area contributed by atoms with E-state index in [2.05, 4.69) is 12.0 Å². The van der Waals surface area contributed by atoms with Crippen LogP contribution < -0.4 is 0 Å². The molecule has 5 nitrogen and oxygen atoms in total. The summed E-state index contributed by atoms with van der Waals surface area (Å²) in [5, 5.41) is 14.8. The van der Waals surface area contributed by atoms with Gasteiger partial charge in [0.25, 0.3) is 5.92 Å². The number of ether oxygens (including phenoxy) is 1. The van der Waals surface area contributed by atoms with Crippen molar-refractivity contribution in [3.8, 4) is 0 Å². The van der Waals surface area contributed by atoms with Crippen molar-refractivity contribution in [1.29, 1.82) is 0 Å². The molecule has 1 aromatic heterocycles. The number of ketones is 1. The first-order valence-corrected chi connectivity index (χ1v) is 13.6. The second-order valence-corrected chi connectivity index (χ2v) is 12.9. The molecule has 0 aliphatic heterocycles. The maximum atomic E-state index is 13.6. The molecule has 1 N–H and O–H groups in total. The van der Waals surface area contributed by atoms with Crippen molar-refractivity contribution in [2.24, 2.45) is 40.4 Å². The number of hydrogen-bond acceptors (Lipinski definition) is 4. The maximum absolute atomic E-state index is 13.6. The Morgan fingerprint density at radius 3 is 2.63 bits per heavy atom. The molecule has 4 saturated carbocycles. The molecule has 0 bridgehead atoms. The van der Waals surface area contributed by atoms with Crippen LogP contribution in [-0.2, 0) is 22.0 Å². The summed E-state index contributed by atoms with van der Waals surface area (Å²) in [7, 11) is 1.81. The molecule has 0 amide bonds. The van der Waals surface area contributed by atoms with Crippen LogP contribution in [0.5, 0.6) is 0 Å². The Labute approximate surface area is 208 Å². The van der Waals surface area contributed by atoms with Crippen molar-refractivity contribution in [2.45, 2.75) is 96.6 Å². The Kier molecular flexibility index (Phi) is 6.23. The average Bonchev–Trinajstić information content (AvgIpc) is 3.38. The Hall–Kier alpha value is -1.34. The molecule has 0 unspecified atom stereocenters. The van der Waals surface area contributed by atoms with Gasteiger partial charge >= 0.3 is 0 Å². The molecule has 0 spiro atoms. The van der Waals surface area contributed by atoms with Crippen LogP contribution in [0.4, 0.5) is 8.78 Å². The number of methoxy groups -OCH3 is 1. The van der Waals surface area contributed by atoms with Crippen molar-refractivity contribution in [3.05, 3.63) is 18.0 Å². The van der Waals surface area contributed by atoms with E-state index in [1.165, 1.54) is 23.4 Å². The molecule has 0 saturated heterocycles. The van der Waals surface area contributed by atoms with Crippen LogP contribution in [0.1, 0.15) is 84.3 Å². The second kappa shape index (κ2) is 8.61. The highest BCUT2D eigenvalue weighted by Gasteiger charge is 2.63. The zero-order valence-electron chi connectivity index (χ0n) is 21.7. The van der Waals surface area contributed by atoms with Crippen LogP contribution in [-0.4, -0.2) is 40.0 Å². The Balaban J connectivity index is 1.34. The number of alkyl halides is 2. The lowest BCUT2D eigenvalue weighted by Gasteiger charge is -2.62. The largest absolute Gasteiger partial charge is 0.390 e. The summed E-state index contributed by atoms with van der Waals surface area (Å²) >= 11 is 0. The van der Waals surface area contributed by atoms with E-state index in [4.69, 9.17) is 4.74 Å². The quantitative estimate of drug-likeness (QED) is 0.561. The normalized spacial score (nSPS) is 43.3. The third kappa shape index (κ3) is 4.18. The van der Waals surface area contributed by atoms with E-state index in [0.717, 1.165) is 64.9 Å². The number of halogens is 2. The lowest BCUT2D eigenvalue weighted by atomic mass is 9.43. The number of Topliss-reactive ketones (excluding diaryl/α,β-unsaturated/α-hetero) is 1. The molecule has 0 aromatic carbocycles. The van der Waals surface area contributed by atoms with Gasteiger partial charge in [-0.15, -0.1) is 0 Å². The van der Waals surface area contributed by atoms with Crippen LogP contribution in [0, 0.1) is 40.4 Å². The van der Waals surface area contributed by atoms with Gasteiger partial charge in [-0.1, -0.05) is 6.92 Å². The lowest BCUT2D eigenvalue weighted by Crippen LogP contribution is -2.58. The first-order valence-electron chi connectivity index (χ1n) is 13.6. The van der Waals surface area contributed by atoms with E-state index >= 15 is 0 Å². The number of rotatable bonds is 6. The van der Waals surface area contributed by atoms with E-state index in [-0.39, 0.29) is 34.8 Å². The molecule has 0 radical (unpaired) electrons. The summed E-state index contributed by atoms with van der Waals surface area (Å²) in [6.45, 7) is 5.98. The molecular formula is C28H42F2N2O3. The molecule has 4 aliphatic carbocycles. The van der Waals surface area contributed by atoms with E-state index in [9.17, 15) is 18.7 Å². The Morgan fingerprint density at radius 2 is 1.94 bits per heavy atom. The summed E-state index contributed by atoms with van der Waals surface area (Å²) in [5.41, 5.74) is -0.755. The van der Waals surface area contributed by atoms with Gasteiger partial charge in [0.15, 0.2) is 5.78 Å². The van der Waals surface area contributed by atoms with Gasteiger partial charge in [-0.25, -0.2) is 0 Å². The molecule has 1 heterocycles. The van der Waals surface area contributed by atoms with Crippen LogP contribution in [0.3, 0.4) is 0 Å². The number of nitrogens with zero attached hydrogens (tertiary/aromatic N) is 2. The van der Waals surface area contributed by atoms with Crippen molar-refractivity contribution < 1.29 is 23.4 Å². The number of hydrogen-bond donors (Lipinski definition) is 1. The highest BCUT2D eigenvalue weighted by molar-refractivity contribution is 5.82. The van der Waals surface area contributed by atoms with Crippen LogP contribution in [0.2, 0.25) is 0 Å². The summed E-state index contributed by atoms with van der Waals surface area (Å²) in [5.74, 6) is -0.703. The minimum atomic E-state index is -3.00. The zero-order valence-corrected chi connectivity index (χ0v) is 21.7. The third-order valence-electron chi connectivity index (χ3n) is 10.9. The summed E-state index contributed by atoms with van der Waals surface area (Å²) < 4.78 is 34.5. The third-order valence-corrected chi connectivity index (χ3v) is 10.9. The molecule has 4 aliphatic rings. The van der Waals surface area contributed by atoms with Crippen LogP contribution in [0.25, 0.3) is 0 Å². The number of fused-ring (bicyclic) bond motifs is 5. The van der Waals surface area contributed by atoms with Gasteiger partial charge in [0.1, 0.15) is 5.69 Å². The van der Waals surface area contributed by atoms with E-state index < -0.39 is 11.5 Å². The second-order valence-electron chi connectivity index (χ2n) is 12.9. The Bertz CT molecular complexity index is 956.